The second-order valence-electron chi connectivity index (χ2n) is 10.6. The topological polar surface area (TPSA) is 48.0 Å². The van der Waals surface area contributed by atoms with E-state index in [1.54, 1.807) is 0 Å². The summed E-state index contributed by atoms with van der Waals surface area (Å²) in [6.07, 6.45) is 7.16. The summed E-state index contributed by atoms with van der Waals surface area (Å²) in [6.45, 7) is 14.9. The number of unbranched alkanes of at least 4 members (excludes halogenated alkanes) is 1. The third-order valence-corrected chi connectivity index (χ3v) is 8.34. The molecule has 2 aromatic rings. The SMILES string of the molecule is CCCCOCCN1CCN(c2ccc(-c3nc(Cl)c4c(n3)N(CCCN3CCCC3)CC4)cc2)CC1. The number of hydrogen-bond acceptors (Lipinski definition) is 7. The Hall–Kier alpha value is -1.93. The number of nitrogens with zero attached hydrogens (tertiary/aromatic N) is 6. The molecule has 8 heteroatoms. The highest BCUT2D eigenvalue weighted by Gasteiger charge is 2.26. The maximum atomic E-state index is 6.65. The summed E-state index contributed by atoms with van der Waals surface area (Å²) in [7, 11) is 0. The van der Waals surface area contributed by atoms with E-state index in [9.17, 15) is 0 Å². The summed E-state index contributed by atoms with van der Waals surface area (Å²) in [5.74, 6) is 1.77. The molecule has 5 rings (SSSR count). The highest BCUT2D eigenvalue weighted by Crippen LogP contribution is 2.33. The smallest absolute Gasteiger partial charge is 0.163 e. The first kappa shape index (κ1) is 26.7. The number of aromatic nitrogens is 2. The Kier molecular flexibility index (Phi) is 9.54. The van der Waals surface area contributed by atoms with Crippen molar-refractivity contribution in [1.82, 2.24) is 19.8 Å². The number of fused-ring (bicyclic) bond motifs is 1. The van der Waals surface area contributed by atoms with Crippen LogP contribution in [0, 0.1) is 0 Å². The Morgan fingerprint density at radius 2 is 1.57 bits per heavy atom. The molecule has 1 aromatic carbocycles. The van der Waals surface area contributed by atoms with Crippen molar-refractivity contribution in [3.05, 3.63) is 35.0 Å². The summed E-state index contributed by atoms with van der Waals surface area (Å²) >= 11 is 6.65. The molecular formula is C29H43ClN6O. The van der Waals surface area contributed by atoms with Crippen molar-refractivity contribution in [2.75, 3.05) is 88.5 Å². The lowest BCUT2D eigenvalue weighted by Gasteiger charge is -2.36. The van der Waals surface area contributed by atoms with Gasteiger partial charge in [-0.15, -0.1) is 0 Å². The van der Waals surface area contributed by atoms with Crippen LogP contribution in [0.25, 0.3) is 11.4 Å². The van der Waals surface area contributed by atoms with Gasteiger partial charge in [-0.05, 0) is 76.0 Å². The Morgan fingerprint density at radius 3 is 2.32 bits per heavy atom. The van der Waals surface area contributed by atoms with Crippen molar-refractivity contribution in [2.24, 2.45) is 0 Å². The number of halogens is 1. The van der Waals surface area contributed by atoms with Crippen LogP contribution in [0.15, 0.2) is 24.3 Å². The van der Waals surface area contributed by atoms with Gasteiger partial charge in [-0.25, -0.2) is 9.97 Å². The maximum Gasteiger partial charge on any atom is 0.163 e. The highest BCUT2D eigenvalue weighted by molar-refractivity contribution is 6.30. The van der Waals surface area contributed by atoms with Gasteiger partial charge in [-0.3, -0.25) is 4.90 Å². The number of benzene rings is 1. The zero-order valence-electron chi connectivity index (χ0n) is 22.5. The molecule has 0 unspecified atom stereocenters. The minimum Gasteiger partial charge on any atom is -0.380 e. The first-order valence-corrected chi connectivity index (χ1v) is 14.8. The number of ether oxygens (including phenoxy) is 1. The van der Waals surface area contributed by atoms with E-state index in [1.807, 2.05) is 0 Å². The fraction of sp³-hybridized carbons (Fsp3) is 0.655. The fourth-order valence-electron chi connectivity index (χ4n) is 5.71. The maximum absolute atomic E-state index is 6.65. The number of hydrogen-bond donors (Lipinski definition) is 0. The third kappa shape index (κ3) is 6.94. The van der Waals surface area contributed by atoms with Crippen molar-refractivity contribution in [3.63, 3.8) is 0 Å². The van der Waals surface area contributed by atoms with Gasteiger partial charge < -0.3 is 19.4 Å². The molecule has 0 N–H and O–H groups in total. The average molecular weight is 527 g/mol. The molecule has 0 amide bonds. The molecule has 3 aliphatic rings. The van der Waals surface area contributed by atoms with E-state index >= 15 is 0 Å². The van der Waals surface area contributed by atoms with Crippen LogP contribution in [-0.4, -0.2) is 98.4 Å². The van der Waals surface area contributed by atoms with Gasteiger partial charge in [0, 0.05) is 69.2 Å². The summed E-state index contributed by atoms with van der Waals surface area (Å²) < 4.78 is 5.74. The van der Waals surface area contributed by atoms with Gasteiger partial charge in [0.15, 0.2) is 5.82 Å². The van der Waals surface area contributed by atoms with Crippen LogP contribution in [0.5, 0.6) is 0 Å². The molecule has 37 heavy (non-hydrogen) atoms. The van der Waals surface area contributed by atoms with Gasteiger partial charge in [-0.1, -0.05) is 24.9 Å². The van der Waals surface area contributed by atoms with Gasteiger partial charge in [0.2, 0.25) is 0 Å². The molecule has 4 heterocycles. The van der Waals surface area contributed by atoms with Gasteiger partial charge in [0.25, 0.3) is 0 Å². The molecule has 202 valence electrons. The molecule has 0 spiro atoms. The second-order valence-corrected chi connectivity index (χ2v) is 11.0. The second kappa shape index (κ2) is 13.2. The highest BCUT2D eigenvalue weighted by atomic mass is 35.5. The van der Waals surface area contributed by atoms with Crippen molar-refractivity contribution in [3.8, 4) is 11.4 Å². The van der Waals surface area contributed by atoms with E-state index in [-0.39, 0.29) is 0 Å². The van der Waals surface area contributed by atoms with Gasteiger partial charge in [0.1, 0.15) is 11.0 Å². The quantitative estimate of drug-likeness (QED) is 0.296. The number of likely N-dealkylation sites (tertiary alicyclic amines) is 1. The van der Waals surface area contributed by atoms with Crippen molar-refractivity contribution in [1.29, 1.82) is 0 Å². The van der Waals surface area contributed by atoms with Crippen LogP contribution in [0.3, 0.4) is 0 Å². The van der Waals surface area contributed by atoms with Gasteiger partial charge in [0.05, 0.1) is 6.61 Å². The Morgan fingerprint density at radius 1 is 0.811 bits per heavy atom. The molecule has 0 atom stereocenters. The first-order valence-electron chi connectivity index (χ1n) is 14.4. The van der Waals surface area contributed by atoms with Crippen molar-refractivity contribution in [2.45, 2.75) is 45.4 Å². The molecule has 2 saturated heterocycles. The number of anilines is 2. The van der Waals surface area contributed by atoms with E-state index in [0.29, 0.717) is 5.15 Å². The lowest BCUT2D eigenvalue weighted by molar-refractivity contribution is 0.0994. The number of rotatable bonds is 12. The van der Waals surface area contributed by atoms with E-state index in [2.05, 4.69) is 55.8 Å². The summed E-state index contributed by atoms with van der Waals surface area (Å²) in [6, 6.07) is 8.70. The lowest BCUT2D eigenvalue weighted by Crippen LogP contribution is -2.47. The minimum atomic E-state index is 0.612. The summed E-state index contributed by atoms with van der Waals surface area (Å²) in [5, 5.41) is 0.612. The van der Waals surface area contributed by atoms with Gasteiger partial charge in [-0.2, -0.15) is 0 Å². The van der Waals surface area contributed by atoms with Crippen LogP contribution >= 0.6 is 11.6 Å². The van der Waals surface area contributed by atoms with Crippen molar-refractivity contribution < 1.29 is 4.74 Å². The Labute approximate surface area is 227 Å². The Balaban J connectivity index is 1.15. The molecule has 0 aliphatic carbocycles. The standard InChI is InChI=1S/C29H43ClN6O/c1-2-3-22-37-23-21-34-17-19-35(20-18-34)25-9-7-24(8-10-25)28-31-27(30)26-11-16-36(29(26)32-28)15-6-14-33-12-4-5-13-33/h7-10H,2-6,11-23H2,1H3. The largest absolute Gasteiger partial charge is 0.380 e. The Bertz CT molecular complexity index is 989. The monoisotopic (exact) mass is 526 g/mol. The number of piperazine rings is 1. The van der Waals surface area contributed by atoms with Crippen LogP contribution in [0.1, 0.15) is 44.6 Å². The minimum absolute atomic E-state index is 0.612. The normalized spacial score (nSPS) is 18.6. The van der Waals surface area contributed by atoms with Crippen LogP contribution in [0.4, 0.5) is 11.5 Å². The van der Waals surface area contributed by atoms with E-state index < -0.39 is 0 Å². The summed E-state index contributed by atoms with van der Waals surface area (Å²) in [5.41, 5.74) is 3.40. The predicted molar refractivity (Wildman–Crippen MR) is 153 cm³/mol. The van der Waals surface area contributed by atoms with E-state index in [1.165, 1.54) is 51.0 Å². The molecular weight excluding hydrogens is 484 g/mol. The molecule has 2 fully saturated rings. The molecule has 0 bridgehead atoms. The lowest BCUT2D eigenvalue weighted by atomic mass is 10.1. The third-order valence-electron chi connectivity index (χ3n) is 8.02. The van der Waals surface area contributed by atoms with Crippen molar-refractivity contribution >= 4 is 23.1 Å². The first-order chi connectivity index (χ1) is 18.2. The van der Waals surface area contributed by atoms with Crippen LogP contribution < -0.4 is 9.80 Å². The van der Waals surface area contributed by atoms with Gasteiger partial charge >= 0.3 is 0 Å². The molecule has 3 aliphatic heterocycles. The van der Waals surface area contributed by atoms with E-state index in [4.69, 9.17) is 21.3 Å². The van der Waals surface area contributed by atoms with Crippen LogP contribution in [-0.2, 0) is 11.2 Å². The summed E-state index contributed by atoms with van der Waals surface area (Å²) in [4.78, 5) is 19.6. The molecule has 0 saturated carbocycles. The fourth-order valence-corrected chi connectivity index (χ4v) is 5.97. The molecule has 1 aromatic heterocycles. The predicted octanol–water partition coefficient (Wildman–Crippen LogP) is 4.58. The van der Waals surface area contributed by atoms with Crippen LogP contribution in [0.2, 0.25) is 5.15 Å². The molecule has 0 radical (unpaired) electrons. The zero-order chi connectivity index (χ0) is 25.5. The molecule has 7 nitrogen and oxygen atoms in total. The average Bonchev–Trinajstić information content (AvgIpc) is 3.60. The van der Waals surface area contributed by atoms with E-state index in [0.717, 1.165) is 94.6 Å². The zero-order valence-corrected chi connectivity index (χ0v) is 23.3.